The number of carbonyl (C=O) groups excluding carboxylic acids is 2. The van der Waals surface area contributed by atoms with Crippen molar-refractivity contribution in [3.63, 3.8) is 0 Å². The van der Waals surface area contributed by atoms with E-state index in [-0.39, 0.29) is 34.0 Å². The van der Waals surface area contributed by atoms with Gasteiger partial charge < -0.3 is 5.32 Å². The van der Waals surface area contributed by atoms with Crippen LogP contribution in [0.2, 0.25) is 0 Å². The lowest BCUT2D eigenvalue weighted by Gasteiger charge is -2.38. The molecular formula is C22H43NO2. The minimum absolute atomic E-state index is 0.113. The fraction of sp³-hybridized carbons (Fsp3) is 0.909. The Morgan fingerprint density at radius 2 is 1.12 bits per heavy atom. The molecule has 0 aliphatic rings. The van der Waals surface area contributed by atoms with Crippen LogP contribution in [-0.4, -0.2) is 23.1 Å². The number of Topliss-reactive ketones (excluding diaryl/α,β-unsaturated/α-hetero) is 2. The van der Waals surface area contributed by atoms with Crippen molar-refractivity contribution in [2.75, 3.05) is 0 Å². The first-order chi connectivity index (χ1) is 11.5. The first kappa shape index (κ1) is 24.3. The molecule has 0 aromatic rings. The van der Waals surface area contributed by atoms with E-state index in [0.29, 0.717) is 6.42 Å². The van der Waals surface area contributed by atoms with Crippen LogP contribution in [0.25, 0.3) is 0 Å². The first-order valence-electron chi connectivity index (χ1n) is 10.4. The monoisotopic (exact) mass is 353 g/mol. The van der Waals surface area contributed by atoms with Gasteiger partial charge in [-0.15, -0.1) is 0 Å². The van der Waals surface area contributed by atoms with Gasteiger partial charge in [-0.25, -0.2) is 0 Å². The van der Waals surface area contributed by atoms with Gasteiger partial charge in [-0.1, -0.05) is 55.4 Å². The maximum absolute atomic E-state index is 13.4. The summed E-state index contributed by atoms with van der Waals surface area (Å²) >= 11 is 0. The summed E-state index contributed by atoms with van der Waals surface area (Å²) in [7, 11) is 0. The molecule has 1 atom stereocenters. The number of rotatable bonds is 13. The molecule has 0 aromatic carbocycles. The van der Waals surface area contributed by atoms with Gasteiger partial charge in [0.15, 0.2) is 5.78 Å². The number of nitrogens with one attached hydrogen (secondary N) is 1. The summed E-state index contributed by atoms with van der Waals surface area (Å²) in [6, 6.07) is -0.389. The highest BCUT2D eigenvalue weighted by Gasteiger charge is 2.40. The van der Waals surface area contributed by atoms with Crippen molar-refractivity contribution in [2.45, 2.75) is 119 Å². The van der Waals surface area contributed by atoms with Crippen molar-refractivity contribution < 1.29 is 9.59 Å². The smallest absolute Gasteiger partial charge is 0.156 e. The van der Waals surface area contributed by atoms with E-state index in [4.69, 9.17) is 0 Å². The molecule has 25 heavy (non-hydrogen) atoms. The van der Waals surface area contributed by atoms with Crippen molar-refractivity contribution >= 4 is 11.6 Å². The van der Waals surface area contributed by atoms with Gasteiger partial charge in [-0.2, -0.15) is 0 Å². The topological polar surface area (TPSA) is 46.2 Å². The second-order valence-corrected chi connectivity index (χ2v) is 8.49. The van der Waals surface area contributed by atoms with Crippen molar-refractivity contribution in [1.29, 1.82) is 0 Å². The molecule has 3 nitrogen and oxygen atoms in total. The number of carbonyl (C=O) groups is 2. The molecule has 0 saturated carbocycles. The highest BCUT2D eigenvalue weighted by Crippen LogP contribution is 2.33. The fourth-order valence-corrected chi connectivity index (χ4v) is 3.18. The Hall–Kier alpha value is -0.700. The van der Waals surface area contributed by atoms with E-state index in [1.165, 1.54) is 0 Å². The zero-order chi connectivity index (χ0) is 19.9. The molecule has 0 bridgehead atoms. The molecule has 0 spiro atoms. The third kappa shape index (κ3) is 5.91. The van der Waals surface area contributed by atoms with E-state index in [1.807, 2.05) is 13.8 Å². The maximum Gasteiger partial charge on any atom is 0.156 e. The Labute approximate surface area is 156 Å². The molecule has 0 rings (SSSR count). The Morgan fingerprint density at radius 1 is 0.720 bits per heavy atom. The second-order valence-electron chi connectivity index (χ2n) is 8.49. The quantitative estimate of drug-likeness (QED) is 0.461. The van der Waals surface area contributed by atoms with E-state index in [9.17, 15) is 9.59 Å². The molecule has 0 fully saturated rings. The van der Waals surface area contributed by atoms with E-state index in [0.717, 1.165) is 38.5 Å². The number of hydrogen-bond acceptors (Lipinski definition) is 3. The average Bonchev–Trinajstić information content (AvgIpc) is 2.64. The van der Waals surface area contributed by atoms with Gasteiger partial charge >= 0.3 is 0 Å². The van der Waals surface area contributed by atoms with Gasteiger partial charge in [-0.3, -0.25) is 9.59 Å². The summed E-state index contributed by atoms with van der Waals surface area (Å²) in [6.45, 7) is 18.8. The highest BCUT2D eigenvalue weighted by molar-refractivity contribution is 5.95. The molecule has 0 radical (unpaired) electrons. The summed E-state index contributed by atoms with van der Waals surface area (Å²) in [4.78, 5) is 26.4. The molecule has 148 valence electrons. The molecule has 0 amide bonds. The third-order valence-electron chi connectivity index (χ3n) is 7.18. The molecule has 0 aliphatic carbocycles. The Bertz CT molecular complexity index is 429. The summed E-state index contributed by atoms with van der Waals surface area (Å²) in [5.41, 5.74) is -0.809. The Balaban J connectivity index is 5.69. The van der Waals surface area contributed by atoms with Crippen LogP contribution in [0.1, 0.15) is 107 Å². The second kappa shape index (κ2) is 9.85. The summed E-state index contributed by atoms with van der Waals surface area (Å²) < 4.78 is 0. The van der Waals surface area contributed by atoms with Crippen LogP contribution in [-0.2, 0) is 9.59 Å². The molecule has 3 heteroatoms. The van der Waals surface area contributed by atoms with Crippen molar-refractivity contribution in [2.24, 2.45) is 10.8 Å². The molecule has 0 saturated heterocycles. The molecule has 0 aliphatic heterocycles. The summed E-state index contributed by atoms with van der Waals surface area (Å²) in [5.74, 6) is 0.418. The summed E-state index contributed by atoms with van der Waals surface area (Å²) in [6.07, 6.45) is 5.44. The van der Waals surface area contributed by atoms with Gasteiger partial charge in [0, 0.05) is 22.8 Å². The fourth-order valence-electron chi connectivity index (χ4n) is 3.18. The molecule has 0 aromatic heterocycles. The predicted octanol–water partition coefficient (Wildman–Crippen LogP) is 5.70. The number of ketones is 2. The zero-order valence-electron chi connectivity index (χ0n) is 18.3. The Kier molecular flexibility index (Phi) is 9.57. The van der Waals surface area contributed by atoms with Crippen LogP contribution in [0.5, 0.6) is 0 Å². The maximum atomic E-state index is 13.4. The molecular weight excluding hydrogens is 310 g/mol. The molecule has 0 heterocycles. The number of hydrogen-bond donors (Lipinski definition) is 1. The zero-order valence-corrected chi connectivity index (χ0v) is 18.3. The lowest BCUT2D eigenvalue weighted by atomic mass is 9.73. The van der Waals surface area contributed by atoms with Gasteiger partial charge in [0.05, 0.1) is 6.04 Å². The minimum Gasteiger partial charge on any atom is -0.302 e. The lowest BCUT2D eigenvalue weighted by Crippen LogP contribution is -2.55. The van der Waals surface area contributed by atoms with Gasteiger partial charge in [0.25, 0.3) is 0 Å². The average molecular weight is 354 g/mol. The lowest BCUT2D eigenvalue weighted by molar-refractivity contribution is -0.136. The SMILES string of the molecule is CCC(C)(CC)NC(CC(=O)C(C)(CC)CC)C(=O)C(C)(CC)CC. The van der Waals surface area contributed by atoms with Gasteiger partial charge in [0.1, 0.15) is 5.78 Å². The highest BCUT2D eigenvalue weighted by atomic mass is 16.1. The Morgan fingerprint density at radius 3 is 1.44 bits per heavy atom. The van der Waals surface area contributed by atoms with E-state index >= 15 is 0 Å². The van der Waals surface area contributed by atoms with E-state index in [1.54, 1.807) is 0 Å². The molecule has 1 N–H and O–H groups in total. The summed E-state index contributed by atoms with van der Waals surface area (Å²) in [5, 5.41) is 3.58. The van der Waals surface area contributed by atoms with E-state index < -0.39 is 0 Å². The van der Waals surface area contributed by atoms with Crippen LogP contribution in [0, 0.1) is 10.8 Å². The standard InChI is InChI=1S/C22H43NO2/c1-10-20(7,11-2)18(24)16-17(23-22(9,14-5)15-6)19(25)21(8,12-3)13-4/h17,23H,10-16H2,1-9H3. The van der Waals surface area contributed by atoms with Crippen LogP contribution < -0.4 is 5.32 Å². The van der Waals surface area contributed by atoms with Gasteiger partial charge in [0.2, 0.25) is 0 Å². The van der Waals surface area contributed by atoms with Crippen LogP contribution in [0.15, 0.2) is 0 Å². The van der Waals surface area contributed by atoms with Crippen LogP contribution >= 0.6 is 0 Å². The third-order valence-corrected chi connectivity index (χ3v) is 7.18. The van der Waals surface area contributed by atoms with Crippen LogP contribution in [0.3, 0.4) is 0 Å². The van der Waals surface area contributed by atoms with Gasteiger partial charge in [-0.05, 0) is 45.4 Å². The first-order valence-corrected chi connectivity index (χ1v) is 10.4. The molecule has 1 unspecified atom stereocenters. The predicted molar refractivity (Wildman–Crippen MR) is 108 cm³/mol. The van der Waals surface area contributed by atoms with E-state index in [2.05, 4.69) is 53.8 Å². The van der Waals surface area contributed by atoms with Crippen LogP contribution in [0.4, 0.5) is 0 Å². The normalized spacial score (nSPS) is 14.4. The largest absolute Gasteiger partial charge is 0.302 e. The minimum atomic E-state index is -0.389. The van der Waals surface area contributed by atoms with Crippen molar-refractivity contribution in [1.82, 2.24) is 5.32 Å². The van der Waals surface area contributed by atoms with Crippen molar-refractivity contribution in [3.8, 4) is 0 Å². The van der Waals surface area contributed by atoms with Crippen molar-refractivity contribution in [3.05, 3.63) is 0 Å².